The van der Waals surface area contributed by atoms with Crippen molar-refractivity contribution in [2.75, 3.05) is 33.4 Å². The smallest absolute Gasteiger partial charge is 0.0589 e. The molecule has 0 radical (unpaired) electrons. The van der Waals surface area contributed by atoms with Gasteiger partial charge < -0.3 is 10.5 Å². The summed E-state index contributed by atoms with van der Waals surface area (Å²) in [6.07, 6.45) is 5.32. The Morgan fingerprint density at radius 3 is 2.38 bits per heavy atom. The van der Waals surface area contributed by atoms with Crippen molar-refractivity contribution in [3.63, 3.8) is 0 Å². The van der Waals surface area contributed by atoms with Crippen LogP contribution in [0.2, 0.25) is 0 Å². The van der Waals surface area contributed by atoms with Crippen molar-refractivity contribution in [1.82, 2.24) is 4.90 Å². The number of hydrogen-bond donors (Lipinski definition) is 1. The highest BCUT2D eigenvalue weighted by Crippen LogP contribution is 2.38. The Labute approximate surface area is 100 Å². The Bertz CT molecular complexity index is 188. The third kappa shape index (κ3) is 3.72. The van der Waals surface area contributed by atoms with E-state index in [0.717, 1.165) is 26.2 Å². The third-order valence-corrected chi connectivity index (χ3v) is 3.95. The SMILES string of the molecule is COCCN(CC1(CN)CCCC1)C(C)C. The lowest BCUT2D eigenvalue weighted by atomic mass is 9.85. The van der Waals surface area contributed by atoms with E-state index in [1.807, 2.05) is 0 Å². The molecular weight excluding hydrogens is 200 g/mol. The van der Waals surface area contributed by atoms with Gasteiger partial charge in [0, 0.05) is 26.2 Å². The highest BCUT2D eigenvalue weighted by molar-refractivity contribution is 4.89. The summed E-state index contributed by atoms with van der Waals surface area (Å²) in [7, 11) is 1.77. The van der Waals surface area contributed by atoms with E-state index in [0.29, 0.717) is 11.5 Å². The topological polar surface area (TPSA) is 38.5 Å². The van der Waals surface area contributed by atoms with Crippen molar-refractivity contribution in [3.8, 4) is 0 Å². The van der Waals surface area contributed by atoms with E-state index in [1.165, 1.54) is 25.7 Å². The van der Waals surface area contributed by atoms with Crippen LogP contribution in [0.15, 0.2) is 0 Å². The molecule has 0 aromatic rings. The maximum atomic E-state index is 5.99. The van der Waals surface area contributed by atoms with Gasteiger partial charge in [-0.05, 0) is 38.6 Å². The molecule has 3 nitrogen and oxygen atoms in total. The molecule has 0 unspecified atom stereocenters. The minimum atomic E-state index is 0.387. The fourth-order valence-electron chi connectivity index (χ4n) is 2.71. The molecule has 96 valence electrons. The van der Waals surface area contributed by atoms with Gasteiger partial charge in [0.1, 0.15) is 0 Å². The Morgan fingerprint density at radius 1 is 1.31 bits per heavy atom. The van der Waals surface area contributed by atoms with Crippen LogP contribution < -0.4 is 5.73 Å². The fourth-order valence-corrected chi connectivity index (χ4v) is 2.71. The first-order chi connectivity index (χ1) is 7.63. The summed E-state index contributed by atoms with van der Waals surface area (Å²) >= 11 is 0. The summed E-state index contributed by atoms with van der Waals surface area (Å²) < 4.78 is 5.18. The molecule has 0 aliphatic heterocycles. The van der Waals surface area contributed by atoms with Crippen molar-refractivity contribution in [3.05, 3.63) is 0 Å². The van der Waals surface area contributed by atoms with Crippen LogP contribution in [-0.4, -0.2) is 44.3 Å². The Balaban J connectivity index is 2.51. The van der Waals surface area contributed by atoms with Crippen LogP contribution in [-0.2, 0) is 4.74 Å². The van der Waals surface area contributed by atoms with Crippen molar-refractivity contribution in [1.29, 1.82) is 0 Å². The first kappa shape index (κ1) is 13.9. The van der Waals surface area contributed by atoms with Crippen LogP contribution >= 0.6 is 0 Å². The van der Waals surface area contributed by atoms with Crippen LogP contribution in [0.25, 0.3) is 0 Å². The lowest BCUT2D eigenvalue weighted by molar-refractivity contribution is 0.0885. The zero-order valence-electron chi connectivity index (χ0n) is 11.2. The van der Waals surface area contributed by atoms with Gasteiger partial charge in [-0.25, -0.2) is 0 Å². The Morgan fingerprint density at radius 2 is 1.94 bits per heavy atom. The van der Waals surface area contributed by atoms with Crippen molar-refractivity contribution in [2.45, 2.75) is 45.6 Å². The van der Waals surface area contributed by atoms with Crippen molar-refractivity contribution < 1.29 is 4.74 Å². The molecule has 1 aliphatic carbocycles. The highest BCUT2D eigenvalue weighted by atomic mass is 16.5. The standard InChI is InChI=1S/C13H28N2O/c1-12(2)15(8-9-16-3)11-13(10-14)6-4-5-7-13/h12H,4-11,14H2,1-3H3. The van der Waals surface area contributed by atoms with Crippen LogP contribution in [0.3, 0.4) is 0 Å². The van der Waals surface area contributed by atoms with E-state index < -0.39 is 0 Å². The first-order valence-electron chi connectivity index (χ1n) is 6.56. The number of methoxy groups -OCH3 is 1. The zero-order chi connectivity index (χ0) is 12.0. The molecule has 0 bridgehead atoms. The van der Waals surface area contributed by atoms with Crippen LogP contribution in [0.5, 0.6) is 0 Å². The minimum Gasteiger partial charge on any atom is -0.383 e. The minimum absolute atomic E-state index is 0.387. The van der Waals surface area contributed by atoms with Gasteiger partial charge in [-0.2, -0.15) is 0 Å². The number of hydrogen-bond acceptors (Lipinski definition) is 3. The molecule has 3 heteroatoms. The van der Waals surface area contributed by atoms with Crippen LogP contribution in [0.4, 0.5) is 0 Å². The maximum absolute atomic E-state index is 5.99. The zero-order valence-corrected chi connectivity index (χ0v) is 11.2. The maximum Gasteiger partial charge on any atom is 0.0589 e. The molecule has 1 rings (SSSR count). The van der Waals surface area contributed by atoms with Gasteiger partial charge >= 0.3 is 0 Å². The molecule has 1 saturated carbocycles. The molecule has 2 N–H and O–H groups in total. The van der Waals surface area contributed by atoms with Gasteiger partial charge in [0.2, 0.25) is 0 Å². The van der Waals surface area contributed by atoms with E-state index in [-0.39, 0.29) is 0 Å². The molecule has 1 aliphatic rings. The molecule has 0 amide bonds. The molecule has 16 heavy (non-hydrogen) atoms. The molecule has 1 fully saturated rings. The van der Waals surface area contributed by atoms with E-state index in [2.05, 4.69) is 18.7 Å². The fraction of sp³-hybridized carbons (Fsp3) is 1.00. The quantitative estimate of drug-likeness (QED) is 0.723. The third-order valence-electron chi connectivity index (χ3n) is 3.95. The number of nitrogens with two attached hydrogens (primary N) is 1. The van der Waals surface area contributed by atoms with Gasteiger partial charge in [0.25, 0.3) is 0 Å². The van der Waals surface area contributed by atoms with Gasteiger partial charge in [-0.15, -0.1) is 0 Å². The largest absolute Gasteiger partial charge is 0.383 e. The Kier molecular flexibility index (Phi) is 5.73. The number of ether oxygens (including phenoxy) is 1. The second kappa shape index (κ2) is 6.58. The average Bonchev–Trinajstić information content (AvgIpc) is 2.73. The van der Waals surface area contributed by atoms with E-state index in [1.54, 1.807) is 7.11 Å². The van der Waals surface area contributed by atoms with Gasteiger partial charge in [-0.1, -0.05) is 12.8 Å². The predicted octanol–water partition coefficient (Wildman–Crippen LogP) is 1.86. The molecule has 0 aromatic heterocycles. The number of nitrogens with zero attached hydrogens (tertiary/aromatic N) is 1. The molecule has 0 heterocycles. The normalized spacial score (nSPS) is 19.9. The van der Waals surface area contributed by atoms with Crippen LogP contribution in [0, 0.1) is 5.41 Å². The monoisotopic (exact) mass is 228 g/mol. The second-order valence-electron chi connectivity index (χ2n) is 5.47. The van der Waals surface area contributed by atoms with E-state index in [9.17, 15) is 0 Å². The lowest BCUT2D eigenvalue weighted by Crippen LogP contribution is -2.45. The van der Waals surface area contributed by atoms with Gasteiger partial charge in [-0.3, -0.25) is 4.90 Å². The van der Waals surface area contributed by atoms with Gasteiger partial charge in [0.05, 0.1) is 6.61 Å². The Hall–Kier alpha value is -0.120. The molecule has 0 spiro atoms. The van der Waals surface area contributed by atoms with Crippen molar-refractivity contribution in [2.24, 2.45) is 11.1 Å². The number of rotatable bonds is 7. The summed E-state index contributed by atoms with van der Waals surface area (Å²) in [5.41, 5.74) is 6.37. The van der Waals surface area contributed by atoms with Crippen LogP contribution in [0.1, 0.15) is 39.5 Å². The summed E-state index contributed by atoms with van der Waals surface area (Å²) in [5.74, 6) is 0. The molecular formula is C13H28N2O. The summed E-state index contributed by atoms with van der Waals surface area (Å²) in [5, 5.41) is 0. The highest BCUT2D eigenvalue weighted by Gasteiger charge is 2.34. The second-order valence-corrected chi connectivity index (χ2v) is 5.47. The van der Waals surface area contributed by atoms with Gasteiger partial charge in [0.15, 0.2) is 0 Å². The van der Waals surface area contributed by atoms with Crippen molar-refractivity contribution >= 4 is 0 Å². The summed E-state index contributed by atoms with van der Waals surface area (Å²) in [4.78, 5) is 2.52. The lowest BCUT2D eigenvalue weighted by Gasteiger charge is -2.36. The predicted molar refractivity (Wildman–Crippen MR) is 68.5 cm³/mol. The molecule has 0 atom stereocenters. The summed E-state index contributed by atoms with van der Waals surface area (Å²) in [6.45, 7) is 8.34. The van der Waals surface area contributed by atoms with E-state index >= 15 is 0 Å². The average molecular weight is 228 g/mol. The first-order valence-corrected chi connectivity index (χ1v) is 6.56. The molecule has 0 aromatic carbocycles. The summed E-state index contributed by atoms with van der Waals surface area (Å²) in [6, 6.07) is 0.583. The molecule has 0 saturated heterocycles. The van der Waals surface area contributed by atoms with E-state index in [4.69, 9.17) is 10.5 Å².